The topological polar surface area (TPSA) is 70.2 Å². The number of amides is 2. The third kappa shape index (κ3) is 4.82. The van der Waals surface area contributed by atoms with Crippen LogP contribution >= 0.6 is 0 Å². The van der Waals surface area contributed by atoms with Gasteiger partial charge in [0.1, 0.15) is 0 Å². The Morgan fingerprint density at radius 2 is 1.95 bits per heavy atom. The van der Waals surface area contributed by atoms with Crippen molar-refractivity contribution in [3.63, 3.8) is 0 Å². The highest BCUT2D eigenvalue weighted by atomic mass is 16.2. The van der Waals surface area contributed by atoms with Crippen LogP contribution in [0.15, 0.2) is 0 Å². The third-order valence-electron chi connectivity index (χ3n) is 3.56. The summed E-state index contributed by atoms with van der Waals surface area (Å²) in [5, 5.41) is 9.03. The van der Waals surface area contributed by atoms with Crippen LogP contribution < -0.4 is 16.0 Å². The molecule has 5 nitrogen and oxygen atoms in total. The Morgan fingerprint density at radius 3 is 2.53 bits per heavy atom. The molecule has 0 aromatic carbocycles. The Kier molecular flexibility index (Phi) is 6.84. The predicted molar refractivity (Wildman–Crippen MR) is 75.8 cm³/mol. The maximum absolute atomic E-state index is 12.2. The monoisotopic (exact) mass is 269 g/mol. The van der Waals surface area contributed by atoms with Crippen molar-refractivity contribution < 1.29 is 9.59 Å². The van der Waals surface area contributed by atoms with Crippen LogP contribution in [0.5, 0.6) is 0 Å². The second-order valence-electron chi connectivity index (χ2n) is 5.22. The normalized spacial score (nSPS) is 22.2. The molecule has 0 aromatic rings. The molecule has 1 rings (SSSR count). The smallest absolute Gasteiger partial charge is 0.240 e. The van der Waals surface area contributed by atoms with Gasteiger partial charge in [-0.05, 0) is 32.2 Å². The maximum Gasteiger partial charge on any atom is 0.240 e. The van der Waals surface area contributed by atoms with Gasteiger partial charge in [0, 0.05) is 19.5 Å². The molecule has 1 fully saturated rings. The third-order valence-corrected chi connectivity index (χ3v) is 3.56. The highest BCUT2D eigenvalue weighted by Gasteiger charge is 2.39. The first kappa shape index (κ1) is 16.0. The SMILES string of the molecule is CCCNC(=O)CCNC(=O)C1(CCC)CCCN1. The van der Waals surface area contributed by atoms with Crippen LogP contribution in [-0.2, 0) is 9.59 Å². The van der Waals surface area contributed by atoms with Gasteiger partial charge in [-0.2, -0.15) is 0 Å². The molecule has 2 amide bonds. The van der Waals surface area contributed by atoms with E-state index in [0.29, 0.717) is 19.5 Å². The summed E-state index contributed by atoms with van der Waals surface area (Å²) in [7, 11) is 0. The highest BCUT2D eigenvalue weighted by molar-refractivity contribution is 5.87. The lowest BCUT2D eigenvalue weighted by Gasteiger charge is -2.27. The standard InChI is InChI=1S/C14H27N3O2/c1-3-7-14(8-5-10-17-14)13(19)16-11-6-12(18)15-9-4-2/h17H,3-11H2,1-2H3,(H,15,18)(H,16,19). The minimum absolute atomic E-state index is 0.00562. The van der Waals surface area contributed by atoms with Crippen molar-refractivity contribution in [3.05, 3.63) is 0 Å². The van der Waals surface area contributed by atoms with E-state index >= 15 is 0 Å². The number of hydrogen-bond donors (Lipinski definition) is 3. The van der Waals surface area contributed by atoms with Crippen LogP contribution in [0.1, 0.15) is 52.4 Å². The fourth-order valence-corrected chi connectivity index (χ4v) is 2.57. The van der Waals surface area contributed by atoms with Crippen LogP contribution in [0.3, 0.4) is 0 Å². The minimum atomic E-state index is -0.394. The van der Waals surface area contributed by atoms with Gasteiger partial charge < -0.3 is 16.0 Å². The molecule has 1 heterocycles. The first-order chi connectivity index (χ1) is 9.14. The van der Waals surface area contributed by atoms with Crippen molar-refractivity contribution in [1.29, 1.82) is 0 Å². The van der Waals surface area contributed by atoms with E-state index in [1.807, 2.05) is 6.92 Å². The largest absolute Gasteiger partial charge is 0.356 e. The van der Waals surface area contributed by atoms with Crippen molar-refractivity contribution in [2.75, 3.05) is 19.6 Å². The van der Waals surface area contributed by atoms with Crippen molar-refractivity contribution in [2.45, 2.75) is 57.9 Å². The number of nitrogens with one attached hydrogen (secondary N) is 3. The molecule has 110 valence electrons. The van der Waals surface area contributed by atoms with Crippen molar-refractivity contribution in [3.8, 4) is 0 Å². The average Bonchev–Trinajstić information content (AvgIpc) is 2.86. The van der Waals surface area contributed by atoms with E-state index in [0.717, 1.165) is 38.6 Å². The molecule has 1 atom stereocenters. The van der Waals surface area contributed by atoms with E-state index in [-0.39, 0.29) is 11.8 Å². The maximum atomic E-state index is 12.2. The van der Waals surface area contributed by atoms with Crippen LogP contribution in [0, 0.1) is 0 Å². The molecule has 0 saturated carbocycles. The van der Waals surface area contributed by atoms with E-state index in [2.05, 4.69) is 22.9 Å². The van der Waals surface area contributed by atoms with Crippen molar-refractivity contribution in [1.82, 2.24) is 16.0 Å². The first-order valence-corrected chi connectivity index (χ1v) is 7.44. The van der Waals surface area contributed by atoms with Gasteiger partial charge in [0.2, 0.25) is 11.8 Å². The molecule has 1 saturated heterocycles. The van der Waals surface area contributed by atoms with Gasteiger partial charge in [0.05, 0.1) is 5.54 Å². The van der Waals surface area contributed by atoms with Gasteiger partial charge in [-0.3, -0.25) is 9.59 Å². The molecule has 0 radical (unpaired) electrons. The molecule has 0 aliphatic carbocycles. The second kappa shape index (κ2) is 8.15. The number of carbonyl (C=O) groups is 2. The predicted octanol–water partition coefficient (Wildman–Crippen LogP) is 0.941. The van der Waals surface area contributed by atoms with Gasteiger partial charge in [0.25, 0.3) is 0 Å². The molecule has 19 heavy (non-hydrogen) atoms. The zero-order valence-electron chi connectivity index (χ0n) is 12.2. The average molecular weight is 269 g/mol. The van der Waals surface area contributed by atoms with Gasteiger partial charge in [0.15, 0.2) is 0 Å². The van der Waals surface area contributed by atoms with Crippen molar-refractivity contribution in [2.24, 2.45) is 0 Å². The Balaban J connectivity index is 2.31. The molecule has 0 bridgehead atoms. The lowest BCUT2D eigenvalue weighted by Crippen LogP contribution is -2.53. The Morgan fingerprint density at radius 1 is 1.16 bits per heavy atom. The summed E-state index contributed by atoms with van der Waals surface area (Å²) < 4.78 is 0. The molecular weight excluding hydrogens is 242 g/mol. The van der Waals surface area contributed by atoms with E-state index in [9.17, 15) is 9.59 Å². The zero-order chi connectivity index (χ0) is 14.1. The Hall–Kier alpha value is -1.10. The molecular formula is C14H27N3O2. The van der Waals surface area contributed by atoms with Gasteiger partial charge in [-0.1, -0.05) is 20.3 Å². The quantitative estimate of drug-likeness (QED) is 0.614. The fraction of sp³-hybridized carbons (Fsp3) is 0.857. The fourth-order valence-electron chi connectivity index (χ4n) is 2.57. The van der Waals surface area contributed by atoms with Crippen LogP contribution in [0.2, 0.25) is 0 Å². The summed E-state index contributed by atoms with van der Waals surface area (Å²) in [6, 6.07) is 0. The van der Waals surface area contributed by atoms with E-state index in [4.69, 9.17) is 0 Å². The molecule has 5 heteroatoms. The summed E-state index contributed by atoms with van der Waals surface area (Å²) in [5.41, 5.74) is -0.394. The Bertz CT molecular complexity index is 299. The lowest BCUT2D eigenvalue weighted by molar-refractivity contribution is -0.127. The van der Waals surface area contributed by atoms with E-state index < -0.39 is 5.54 Å². The molecule has 0 aromatic heterocycles. The Labute approximate surface area is 115 Å². The highest BCUT2D eigenvalue weighted by Crippen LogP contribution is 2.24. The number of carbonyl (C=O) groups excluding carboxylic acids is 2. The van der Waals surface area contributed by atoms with Crippen LogP contribution in [-0.4, -0.2) is 37.0 Å². The first-order valence-electron chi connectivity index (χ1n) is 7.44. The molecule has 0 spiro atoms. The van der Waals surface area contributed by atoms with Crippen LogP contribution in [0.25, 0.3) is 0 Å². The number of rotatable bonds is 8. The number of hydrogen-bond acceptors (Lipinski definition) is 3. The van der Waals surface area contributed by atoms with Gasteiger partial charge >= 0.3 is 0 Å². The molecule has 3 N–H and O–H groups in total. The summed E-state index contributed by atoms with van der Waals surface area (Å²) >= 11 is 0. The van der Waals surface area contributed by atoms with Crippen LogP contribution in [0.4, 0.5) is 0 Å². The van der Waals surface area contributed by atoms with E-state index in [1.54, 1.807) is 0 Å². The minimum Gasteiger partial charge on any atom is -0.356 e. The zero-order valence-corrected chi connectivity index (χ0v) is 12.2. The van der Waals surface area contributed by atoms with Gasteiger partial charge in [-0.15, -0.1) is 0 Å². The van der Waals surface area contributed by atoms with Crippen molar-refractivity contribution >= 4 is 11.8 Å². The summed E-state index contributed by atoms with van der Waals surface area (Å²) in [4.78, 5) is 23.7. The summed E-state index contributed by atoms with van der Waals surface area (Å²) in [6.07, 6.45) is 5.08. The van der Waals surface area contributed by atoms with E-state index in [1.165, 1.54) is 0 Å². The molecule has 1 unspecified atom stereocenters. The lowest BCUT2D eigenvalue weighted by atomic mass is 9.91. The summed E-state index contributed by atoms with van der Waals surface area (Å²) in [6.45, 7) is 6.13. The molecule has 1 aliphatic heterocycles. The second-order valence-corrected chi connectivity index (χ2v) is 5.22. The summed E-state index contributed by atoms with van der Waals surface area (Å²) in [5.74, 6) is 0.0567. The van der Waals surface area contributed by atoms with Gasteiger partial charge in [-0.25, -0.2) is 0 Å². The molecule has 1 aliphatic rings.